The minimum atomic E-state index is 0.0486. The number of hydrogen-bond donors (Lipinski definition) is 2. The fourth-order valence-electron chi connectivity index (χ4n) is 1.58. The number of benzene rings is 1. The number of nitrogens with two attached hydrogens (primary N) is 1. The first-order chi connectivity index (χ1) is 8.06. The molecular formula is C11H15N5O. The lowest BCUT2D eigenvalue weighted by Crippen LogP contribution is -2.10. The van der Waals surface area contributed by atoms with Crippen molar-refractivity contribution in [1.29, 1.82) is 0 Å². The van der Waals surface area contributed by atoms with Gasteiger partial charge in [-0.1, -0.05) is 16.3 Å². The van der Waals surface area contributed by atoms with Crippen LogP contribution in [-0.4, -0.2) is 24.3 Å². The van der Waals surface area contributed by atoms with Crippen LogP contribution in [0.15, 0.2) is 22.6 Å². The number of nitrogen functional groups attached to an aromatic ring is 1. The van der Waals surface area contributed by atoms with E-state index >= 15 is 0 Å². The van der Waals surface area contributed by atoms with Crippen LogP contribution < -0.4 is 16.0 Å². The Kier molecular flexibility index (Phi) is 2.86. The third kappa shape index (κ3) is 2.47. The molecule has 6 heteroatoms. The van der Waals surface area contributed by atoms with Crippen LogP contribution in [0.4, 0.5) is 23.4 Å². The molecular weight excluding hydrogens is 218 g/mol. The van der Waals surface area contributed by atoms with Crippen LogP contribution in [0.5, 0.6) is 0 Å². The fourth-order valence-corrected chi connectivity index (χ4v) is 1.58. The molecule has 0 aliphatic carbocycles. The molecule has 0 aliphatic rings. The van der Waals surface area contributed by atoms with Gasteiger partial charge in [-0.2, -0.15) is 0 Å². The second-order valence-corrected chi connectivity index (χ2v) is 3.97. The van der Waals surface area contributed by atoms with E-state index in [2.05, 4.69) is 22.4 Å². The monoisotopic (exact) mass is 233 g/mol. The van der Waals surface area contributed by atoms with Gasteiger partial charge in [0, 0.05) is 25.5 Å². The molecule has 0 saturated heterocycles. The predicted molar refractivity (Wildman–Crippen MR) is 67.5 cm³/mol. The van der Waals surface area contributed by atoms with Crippen molar-refractivity contribution < 1.29 is 4.42 Å². The summed E-state index contributed by atoms with van der Waals surface area (Å²) >= 11 is 0. The highest BCUT2D eigenvalue weighted by Gasteiger charge is 2.06. The Bertz CT molecular complexity index is 520. The zero-order valence-electron chi connectivity index (χ0n) is 10.1. The molecule has 1 aromatic heterocycles. The Morgan fingerprint density at radius 3 is 2.65 bits per heavy atom. The molecule has 17 heavy (non-hydrogen) atoms. The van der Waals surface area contributed by atoms with Crippen LogP contribution >= 0.6 is 0 Å². The molecule has 0 saturated carbocycles. The van der Waals surface area contributed by atoms with Crippen molar-refractivity contribution in [3.05, 3.63) is 23.8 Å². The number of aromatic nitrogens is 2. The summed E-state index contributed by atoms with van der Waals surface area (Å²) in [5, 5.41) is 10.3. The largest absolute Gasteiger partial charge is 0.389 e. The molecule has 0 radical (unpaired) electrons. The lowest BCUT2D eigenvalue weighted by atomic mass is 10.1. The van der Waals surface area contributed by atoms with Crippen molar-refractivity contribution in [3.8, 4) is 0 Å². The summed E-state index contributed by atoms with van der Waals surface area (Å²) in [5.41, 5.74) is 8.55. The summed E-state index contributed by atoms with van der Waals surface area (Å²) in [7, 11) is 3.99. The first-order valence-electron chi connectivity index (χ1n) is 5.20. The molecule has 0 fully saturated rings. The van der Waals surface area contributed by atoms with E-state index in [9.17, 15) is 0 Å². The molecule has 1 aromatic carbocycles. The Labute approximate surface area is 99.4 Å². The van der Waals surface area contributed by atoms with Gasteiger partial charge in [0.05, 0.1) is 0 Å². The predicted octanol–water partition coefficient (Wildman–Crippen LogP) is 1.77. The van der Waals surface area contributed by atoms with E-state index in [1.54, 1.807) is 0 Å². The van der Waals surface area contributed by atoms with Gasteiger partial charge in [-0.25, -0.2) is 0 Å². The summed E-state index contributed by atoms with van der Waals surface area (Å²) in [4.78, 5) is 2.04. The Hall–Kier alpha value is -2.24. The topological polar surface area (TPSA) is 80.2 Å². The molecule has 0 atom stereocenters. The zero-order chi connectivity index (χ0) is 12.4. The molecule has 2 aromatic rings. The Balaban J connectivity index is 2.25. The molecule has 3 N–H and O–H groups in total. The van der Waals surface area contributed by atoms with E-state index in [0.29, 0.717) is 0 Å². The van der Waals surface area contributed by atoms with Crippen molar-refractivity contribution in [2.45, 2.75) is 6.92 Å². The van der Waals surface area contributed by atoms with Crippen molar-refractivity contribution >= 4 is 23.4 Å². The summed E-state index contributed by atoms with van der Waals surface area (Å²) in [6.07, 6.45) is 0. The van der Waals surface area contributed by atoms with Crippen molar-refractivity contribution in [3.63, 3.8) is 0 Å². The van der Waals surface area contributed by atoms with Gasteiger partial charge in [-0.05, 0) is 24.6 Å². The molecule has 2 rings (SSSR count). The zero-order valence-corrected chi connectivity index (χ0v) is 10.1. The maximum Gasteiger partial charge on any atom is 0.321 e. The number of rotatable bonds is 3. The van der Waals surface area contributed by atoms with Crippen molar-refractivity contribution in [1.82, 2.24) is 10.2 Å². The van der Waals surface area contributed by atoms with E-state index in [1.165, 1.54) is 5.56 Å². The maximum absolute atomic E-state index is 5.35. The molecule has 6 nitrogen and oxygen atoms in total. The van der Waals surface area contributed by atoms with Crippen LogP contribution in [0.25, 0.3) is 0 Å². The van der Waals surface area contributed by atoms with E-state index in [1.807, 2.05) is 37.2 Å². The van der Waals surface area contributed by atoms with Gasteiger partial charge >= 0.3 is 12.0 Å². The molecule has 0 aliphatic heterocycles. The van der Waals surface area contributed by atoms with E-state index in [0.717, 1.165) is 11.4 Å². The van der Waals surface area contributed by atoms with Crippen LogP contribution in [0, 0.1) is 6.92 Å². The van der Waals surface area contributed by atoms with Gasteiger partial charge in [-0.15, -0.1) is 0 Å². The third-order valence-electron chi connectivity index (χ3n) is 2.38. The number of anilines is 4. The van der Waals surface area contributed by atoms with Crippen LogP contribution in [0.3, 0.4) is 0 Å². The third-order valence-corrected chi connectivity index (χ3v) is 2.38. The number of hydrogen-bond acceptors (Lipinski definition) is 6. The van der Waals surface area contributed by atoms with Crippen molar-refractivity contribution in [2.24, 2.45) is 0 Å². The Morgan fingerprint density at radius 2 is 2.06 bits per heavy atom. The lowest BCUT2D eigenvalue weighted by molar-refractivity contribution is 0.593. The standard InChI is InChI=1S/C11H15N5O/c1-7-4-5-8(6-9(7)16(2)3)13-11-15-14-10(12)17-11/h4-6H,1-3H3,(H2,12,14)(H,13,15). The van der Waals surface area contributed by atoms with E-state index in [-0.39, 0.29) is 12.0 Å². The highest BCUT2D eigenvalue weighted by Crippen LogP contribution is 2.24. The average molecular weight is 233 g/mol. The molecule has 0 amide bonds. The summed E-state index contributed by atoms with van der Waals surface area (Å²) in [6.45, 7) is 2.06. The molecule has 0 spiro atoms. The molecule has 1 heterocycles. The molecule has 0 unspecified atom stereocenters. The van der Waals surface area contributed by atoms with Gasteiger partial charge in [0.25, 0.3) is 0 Å². The summed E-state index contributed by atoms with van der Waals surface area (Å²) < 4.78 is 5.05. The highest BCUT2D eigenvalue weighted by atomic mass is 16.4. The fraction of sp³-hybridized carbons (Fsp3) is 0.273. The first kappa shape index (κ1) is 11.3. The minimum absolute atomic E-state index is 0.0486. The first-order valence-corrected chi connectivity index (χ1v) is 5.20. The van der Waals surface area contributed by atoms with E-state index < -0.39 is 0 Å². The molecule has 0 bridgehead atoms. The van der Waals surface area contributed by atoms with Crippen LogP contribution in [-0.2, 0) is 0 Å². The minimum Gasteiger partial charge on any atom is -0.389 e. The smallest absolute Gasteiger partial charge is 0.321 e. The summed E-state index contributed by atoms with van der Waals surface area (Å²) in [6, 6.07) is 6.32. The van der Waals surface area contributed by atoms with Gasteiger partial charge in [0.15, 0.2) is 0 Å². The summed E-state index contributed by atoms with van der Waals surface area (Å²) in [5.74, 6) is 0. The maximum atomic E-state index is 5.35. The second-order valence-electron chi connectivity index (χ2n) is 3.97. The van der Waals surface area contributed by atoms with Crippen molar-refractivity contribution in [2.75, 3.05) is 30.0 Å². The van der Waals surface area contributed by atoms with Crippen LogP contribution in [0.2, 0.25) is 0 Å². The van der Waals surface area contributed by atoms with Gasteiger partial charge in [-0.3, -0.25) is 0 Å². The number of aryl methyl sites for hydroxylation is 1. The highest BCUT2D eigenvalue weighted by molar-refractivity contribution is 5.64. The molecule has 90 valence electrons. The second kappa shape index (κ2) is 4.32. The van der Waals surface area contributed by atoms with E-state index in [4.69, 9.17) is 10.2 Å². The Morgan fingerprint density at radius 1 is 1.29 bits per heavy atom. The number of nitrogens with one attached hydrogen (secondary N) is 1. The number of nitrogens with zero attached hydrogens (tertiary/aromatic N) is 3. The average Bonchev–Trinajstić information content (AvgIpc) is 2.66. The quantitative estimate of drug-likeness (QED) is 0.841. The normalized spacial score (nSPS) is 10.3. The van der Waals surface area contributed by atoms with Crippen LogP contribution in [0.1, 0.15) is 5.56 Å². The van der Waals surface area contributed by atoms with Gasteiger partial charge < -0.3 is 20.4 Å². The van der Waals surface area contributed by atoms with Gasteiger partial charge in [0.1, 0.15) is 0 Å². The lowest BCUT2D eigenvalue weighted by Gasteiger charge is -2.16. The SMILES string of the molecule is Cc1ccc(Nc2nnc(N)o2)cc1N(C)C. The van der Waals surface area contributed by atoms with Gasteiger partial charge in [0.2, 0.25) is 0 Å².